The molecule has 0 amide bonds. The largest absolute Gasteiger partial charge is 0.462 e. The molecular formula is C18H18Cl2N2O4. The summed E-state index contributed by atoms with van der Waals surface area (Å²) >= 11 is 12.0. The third-order valence-electron chi connectivity index (χ3n) is 3.41. The Balaban J connectivity index is 2.78. The van der Waals surface area contributed by atoms with Crippen molar-refractivity contribution in [2.75, 3.05) is 6.61 Å². The Labute approximate surface area is 160 Å². The third kappa shape index (κ3) is 4.31. The molecule has 0 unspecified atom stereocenters. The molecule has 0 aliphatic heterocycles. The Morgan fingerprint density at radius 3 is 2.19 bits per heavy atom. The van der Waals surface area contributed by atoms with Crippen LogP contribution in [0.25, 0.3) is 5.69 Å². The molecule has 6 nitrogen and oxygen atoms in total. The topological polar surface area (TPSA) is 78.3 Å². The smallest absolute Gasteiger partial charge is 0.343 e. The molecule has 0 aliphatic rings. The van der Waals surface area contributed by atoms with E-state index < -0.39 is 16.9 Å². The number of ether oxygens (including phenoxy) is 1. The molecule has 0 atom stereocenters. The highest BCUT2D eigenvalue weighted by Gasteiger charge is 2.28. The van der Waals surface area contributed by atoms with Crippen LogP contribution in [0.4, 0.5) is 0 Å². The lowest BCUT2D eigenvalue weighted by atomic mass is 9.88. The number of benzene rings is 1. The number of Topliss-reactive ketones (excluding diaryl/α,β-unsaturated/α-hetero) is 1. The van der Waals surface area contributed by atoms with Crippen LogP contribution in [-0.4, -0.2) is 28.1 Å². The number of carbonyl (C=O) groups excluding carboxylic acids is 2. The number of rotatable bonds is 4. The molecule has 1 aromatic carbocycles. The van der Waals surface area contributed by atoms with Crippen LogP contribution in [0.1, 0.15) is 48.5 Å². The van der Waals surface area contributed by atoms with E-state index in [9.17, 15) is 14.4 Å². The number of hydrogen-bond acceptors (Lipinski definition) is 5. The summed E-state index contributed by atoms with van der Waals surface area (Å²) in [5, 5.41) is 4.69. The summed E-state index contributed by atoms with van der Waals surface area (Å²) in [5.41, 5.74) is -1.57. The first-order valence-corrected chi connectivity index (χ1v) is 8.63. The second-order valence-corrected chi connectivity index (χ2v) is 7.46. The van der Waals surface area contributed by atoms with Gasteiger partial charge in [0, 0.05) is 15.5 Å². The Kier molecular flexibility index (Phi) is 5.88. The van der Waals surface area contributed by atoms with Crippen molar-refractivity contribution in [1.29, 1.82) is 0 Å². The number of carbonyl (C=O) groups is 2. The quantitative estimate of drug-likeness (QED) is 0.577. The molecular weight excluding hydrogens is 379 g/mol. The summed E-state index contributed by atoms with van der Waals surface area (Å²) in [6, 6.07) is 5.58. The summed E-state index contributed by atoms with van der Waals surface area (Å²) in [4.78, 5) is 37.6. The number of hydrogen-bond donors (Lipinski definition) is 0. The molecule has 0 saturated carbocycles. The van der Waals surface area contributed by atoms with Gasteiger partial charge in [-0.2, -0.15) is 9.78 Å². The third-order valence-corrected chi connectivity index (χ3v) is 3.85. The van der Waals surface area contributed by atoms with Gasteiger partial charge >= 0.3 is 5.97 Å². The average Bonchev–Trinajstić information content (AvgIpc) is 2.52. The standard InChI is InChI=1S/C18H18Cl2N2O4/c1-5-26-17(25)13-9-14(15(23)18(2,3)4)21-22(16(13)24)12-7-10(19)6-11(20)8-12/h6-9H,5H2,1-4H3. The Morgan fingerprint density at radius 2 is 1.69 bits per heavy atom. The maximum absolute atomic E-state index is 12.7. The zero-order valence-electron chi connectivity index (χ0n) is 14.8. The van der Waals surface area contributed by atoms with Gasteiger partial charge in [0.1, 0.15) is 11.3 Å². The first-order chi connectivity index (χ1) is 12.0. The van der Waals surface area contributed by atoms with Crippen molar-refractivity contribution in [2.24, 2.45) is 5.41 Å². The first kappa shape index (κ1) is 20.1. The van der Waals surface area contributed by atoms with Gasteiger partial charge in [-0.3, -0.25) is 9.59 Å². The molecule has 8 heteroatoms. The Bertz CT molecular complexity index is 910. The van der Waals surface area contributed by atoms with Crippen molar-refractivity contribution in [1.82, 2.24) is 9.78 Å². The van der Waals surface area contributed by atoms with Crippen molar-refractivity contribution in [3.05, 3.63) is 55.9 Å². The number of ketones is 1. The van der Waals surface area contributed by atoms with Crippen LogP contribution in [0.2, 0.25) is 10.0 Å². The van der Waals surface area contributed by atoms with E-state index in [1.807, 2.05) is 0 Å². The highest BCUT2D eigenvalue weighted by Crippen LogP contribution is 2.23. The zero-order chi connectivity index (χ0) is 19.6. The molecule has 26 heavy (non-hydrogen) atoms. The number of halogens is 2. The summed E-state index contributed by atoms with van der Waals surface area (Å²) in [7, 11) is 0. The Morgan fingerprint density at radius 1 is 1.12 bits per heavy atom. The SMILES string of the molecule is CCOC(=O)c1cc(C(=O)C(C)(C)C)nn(-c2cc(Cl)cc(Cl)c2)c1=O. The number of nitrogens with zero attached hydrogens (tertiary/aromatic N) is 2. The molecule has 1 heterocycles. The van der Waals surface area contributed by atoms with Gasteiger partial charge in [0.15, 0.2) is 5.78 Å². The van der Waals surface area contributed by atoms with E-state index >= 15 is 0 Å². The molecule has 1 aromatic heterocycles. The molecule has 0 saturated heterocycles. The van der Waals surface area contributed by atoms with Crippen molar-refractivity contribution in [3.63, 3.8) is 0 Å². The molecule has 0 radical (unpaired) electrons. The van der Waals surface area contributed by atoms with Gasteiger partial charge in [-0.25, -0.2) is 4.79 Å². The van der Waals surface area contributed by atoms with Crippen LogP contribution in [0.5, 0.6) is 0 Å². The van der Waals surface area contributed by atoms with Crippen LogP contribution in [0.15, 0.2) is 29.1 Å². The van der Waals surface area contributed by atoms with Gasteiger partial charge in [0.25, 0.3) is 5.56 Å². The molecule has 0 fully saturated rings. The maximum atomic E-state index is 12.7. The second-order valence-electron chi connectivity index (χ2n) is 6.59. The van der Waals surface area contributed by atoms with Gasteiger partial charge in [-0.15, -0.1) is 0 Å². The van der Waals surface area contributed by atoms with Crippen LogP contribution < -0.4 is 5.56 Å². The van der Waals surface area contributed by atoms with E-state index in [2.05, 4.69) is 5.10 Å². The zero-order valence-corrected chi connectivity index (χ0v) is 16.3. The van der Waals surface area contributed by atoms with E-state index in [0.717, 1.165) is 10.7 Å². The normalized spacial score (nSPS) is 11.3. The van der Waals surface area contributed by atoms with Crippen LogP contribution in [-0.2, 0) is 4.74 Å². The summed E-state index contributed by atoms with van der Waals surface area (Å²) < 4.78 is 5.86. The maximum Gasteiger partial charge on any atom is 0.343 e. The van der Waals surface area contributed by atoms with Gasteiger partial charge in [0.2, 0.25) is 0 Å². The highest BCUT2D eigenvalue weighted by atomic mass is 35.5. The van der Waals surface area contributed by atoms with E-state index in [-0.39, 0.29) is 39.4 Å². The fourth-order valence-electron chi connectivity index (χ4n) is 2.18. The first-order valence-electron chi connectivity index (χ1n) is 7.87. The van der Waals surface area contributed by atoms with E-state index in [0.29, 0.717) is 0 Å². The van der Waals surface area contributed by atoms with Crippen LogP contribution in [0, 0.1) is 5.41 Å². The van der Waals surface area contributed by atoms with Crippen molar-refractivity contribution >= 4 is 35.0 Å². The van der Waals surface area contributed by atoms with Crippen molar-refractivity contribution in [3.8, 4) is 5.69 Å². The molecule has 0 N–H and O–H groups in total. The monoisotopic (exact) mass is 396 g/mol. The molecule has 138 valence electrons. The lowest BCUT2D eigenvalue weighted by Gasteiger charge is -2.17. The minimum atomic E-state index is -0.829. The molecule has 0 spiro atoms. The fraction of sp³-hybridized carbons (Fsp3) is 0.333. The van der Waals surface area contributed by atoms with Gasteiger partial charge in [0.05, 0.1) is 12.3 Å². The summed E-state index contributed by atoms with van der Waals surface area (Å²) in [6.07, 6.45) is 0. The Hall–Kier alpha value is -2.18. The predicted molar refractivity (Wildman–Crippen MR) is 99.6 cm³/mol. The summed E-state index contributed by atoms with van der Waals surface area (Å²) in [6.45, 7) is 6.86. The molecule has 0 aliphatic carbocycles. The van der Waals surface area contributed by atoms with Gasteiger partial charge < -0.3 is 4.74 Å². The van der Waals surface area contributed by atoms with E-state index in [1.165, 1.54) is 18.2 Å². The molecule has 2 rings (SSSR count). The number of esters is 1. The van der Waals surface area contributed by atoms with E-state index in [4.69, 9.17) is 27.9 Å². The van der Waals surface area contributed by atoms with E-state index in [1.54, 1.807) is 27.7 Å². The average molecular weight is 397 g/mol. The second kappa shape index (κ2) is 7.60. The summed E-state index contributed by atoms with van der Waals surface area (Å²) in [5.74, 6) is -1.16. The van der Waals surface area contributed by atoms with Crippen LogP contribution >= 0.6 is 23.2 Å². The molecule has 2 aromatic rings. The highest BCUT2D eigenvalue weighted by molar-refractivity contribution is 6.34. The van der Waals surface area contributed by atoms with Gasteiger partial charge in [-0.1, -0.05) is 44.0 Å². The van der Waals surface area contributed by atoms with Crippen molar-refractivity contribution < 1.29 is 14.3 Å². The number of aromatic nitrogens is 2. The van der Waals surface area contributed by atoms with Crippen molar-refractivity contribution in [2.45, 2.75) is 27.7 Å². The minimum Gasteiger partial charge on any atom is -0.462 e. The lowest BCUT2D eigenvalue weighted by molar-refractivity contribution is 0.0523. The predicted octanol–water partition coefficient (Wildman–Crippen LogP) is 3.94. The lowest BCUT2D eigenvalue weighted by Crippen LogP contribution is -2.32. The van der Waals surface area contributed by atoms with Gasteiger partial charge in [-0.05, 0) is 31.2 Å². The molecule has 0 bridgehead atoms. The minimum absolute atomic E-state index is 0.0312. The van der Waals surface area contributed by atoms with Crippen LogP contribution in [0.3, 0.4) is 0 Å². The fourth-order valence-corrected chi connectivity index (χ4v) is 2.70.